The highest BCUT2D eigenvalue weighted by Gasteiger charge is 2.14. The molecule has 0 aliphatic heterocycles. The van der Waals surface area contributed by atoms with Gasteiger partial charge >= 0.3 is 0 Å². The average molecular weight is 307 g/mol. The smallest absolute Gasteiger partial charge is 0.212 e. The number of pyridine rings is 1. The van der Waals surface area contributed by atoms with Crippen LogP contribution in [0.15, 0.2) is 36.7 Å². The lowest BCUT2D eigenvalue weighted by atomic mass is 10.0. The van der Waals surface area contributed by atoms with Crippen LogP contribution in [0.4, 0.5) is 5.82 Å². The van der Waals surface area contributed by atoms with Gasteiger partial charge in [0, 0.05) is 28.1 Å². The van der Waals surface area contributed by atoms with Crippen molar-refractivity contribution in [1.29, 1.82) is 0 Å². The number of carbonyl (C=O) groups excluding carboxylic acids is 1. The number of hydrogen-bond donors (Lipinski definition) is 3. The zero-order chi connectivity index (χ0) is 15.8. The van der Waals surface area contributed by atoms with Crippen molar-refractivity contribution in [1.82, 2.24) is 20.2 Å². The van der Waals surface area contributed by atoms with E-state index in [0.717, 1.165) is 33.2 Å². The Kier molecular flexibility index (Phi) is 2.97. The number of aromatic nitrogens is 4. The predicted octanol–water partition coefficient (Wildman–Crippen LogP) is 2.68. The summed E-state index contributed by atoms with van der Waals surface area (Å²) >= 11 is 0. The summed E-state index contributed by atoms with van der Waals surface area (Å²) in [4.78, 5) is 18.0. The second-order valence-corrected chi connectivity index (χ2v) is 5.07. The van der Waals surface area contributed by atoms with Gasteiger partial charge in [-0.3, -0.25) is 9.89 Å². The zero-order valence-corrected chi connectivity index (χ0v) is 12.3. The van der Waals surface area contributed by atoms with E-state index < -0.39 is 0 Å². The Morgan fingerprint density at radius 2 is 2.17 bits per heavy atom. The summed E-state index contributed by atoms with van der Waals surface area (Å²) in [6.07, 6.45) is 4.24. The monoisotopic (exact) mass is 307 g/mol. The van der Waals surface area contributed by atoms with Crippen molar-refractivity contribution in [3.8, 4) is 16.9 Å². The predicted molar refractivity (Wildman–Crippen MR) is 87.4 cm³/mol. The fraction of sp³-hybridized carbons (Fsp3) is 0.0625. The van der Waals surface area contributed by atoms with E-state index in [-0.39, 0.29) is 0 Å². The van der Waals surface area contributed by atoms with Crippen LogP contribution < -0.4 is 10.1 Å². The summed E-state index contributed by atoms with van der Waals surface area (Å²) in [5, 5.41) is 11.5. The third kappa shape index (κ3) is 2.10. The molecule has 0 radical (unpaired) electrons. The van der Waals surface area contributed by atoms with E-state index >= 15 is 0 Å². The number of benzene rings is 1. The van der Waals surface area contributed by atoms with Gasteiger partial charge in [0.05, 0.1) is 18.8 Å². The number of carbonyl (C=O) groups is 1. The Morgan fingerprint density at radius 3 is 3.00 bits per heavy atom. The maximum Gasteiger partial charge on any atom is 0.212 e. The molecule has 0 saturated heterocycles. The van der Waals surface area contributed by atoms with E-state index in [4.69, 9.17) is 4.74 Å². The molecule has 7 nitrogen and oxygen atoms in total. The summed E-state index contributed by atoms with van der Waals surface area (Å²) in [5.74, 6) is 1.26. The van der Waals surface area contributed by atoms with Gasteiger partial charge in [-0.2, -0.15) is 5.10 Å². The fourth-order valence-corrected chi connectivity index (χ4v) is 2.72. The molecule has 3 N–H and O–H groups in total. The number of fused-ring (bicyclic) bond motifs is 2. The summed E-state index contributed by atoms with van der Waals surface area (Å²) in [6.45, 7) is 0. The van der Waals surface area contributed by atoms with Crippen molar-refractivity contribution in [2.45, 2.75) is 0 Å². The van der Waals surface area contributed by atoms with Gasteiger partial charge in [-0.1, -0.05) is 0 Å². The van der Waals surface area contributed by atoms with Crippen LogP contribution in [0, 0.1) is 0 Å². The minimum absolute atomic E-state index is 0.497. The Morgan fingerprint density at radius 1 is 1.26 bits per heavy atom. The molecule has 0 saturated carbocycles. The number of amides is 1. The molecule has 4 rings (SSSR count). The standard InChI is InChI=1S/C16H13N5O2/c1-23-14-4-9-6-19-21-13(9)5-11(14)12-7-17-16-10(12)2-3-15(20-16)18-8-22/h2-8H,1H3,(H,19,21)(H2,17,18,20,22). The van der Waals surface area contributed by atoms with Crippen LogP contribution in [0.2, 0.25) is 0 Å². The van der Waals surface area contributed by atoms with Crippen LogP contribution in [-0.4, -0.2) is 33.7 Å². The molecule has 0 aliphatic rings. The fourth-order valence-electron chi connectivity index (χ4n) is 2.72. The maximum absolute atomic E-state index is 10.5. The highest BCUT2D eigenvalue weighted by Crippen LogP contribution is 2.37. The molecule has 114 valence electrons. The lowest BCUT2D eigenvalue weighted by Gasteiger charge is -2.08. The first kappa shape index (κ1) is 13.3. The highest BCUT2D eigenvalue weighted by atomic mass is 16.5. The second kappa shape index (κ2) is 5.13. The maximum atomic E-state index is 10.5. The quantitative estimate of drug-likeness (QED) is 0.505. The third-order valence-corrected chi connectivity index (χ3v) is 3.80. The Hall–Kier alpha value is -3.35. The molecular weight excluding hydrogens is 294 g/mol. The van der Waals surface area contributed by atoms with Crippen molar-refractivity contribution in [3.05, 3.63) is 36.7 Å². The number of nitrogens with zero attached hydrogens (tertiary/aromatic N) is 2. The van der Waals surface area contributed by atoms with E-state index in [1.807, 2.05) is 24.4 Å². The van der Waals surface area contributed by atoms with E-state index in [9.17, 15) is 4.79 Å². The molecule has 1 amide bonds. The van der Waals surface area contributed by atoms with Crippen molar-refractivity contribution in [2.75, 3.05) is 12.4 Å². The number of rotatable bonds is 4. The van der Waals surface area contributed by atoms with E-state index in [2.05, 4.69) is 25.5 Å². The minimum atomic E-state index is 0.497. The van der Waals surface area contributed by atoms with Crippen LogP contribution in [0.3, 0.4) is 0 Å². The Bertz CT molecular complexity index is 1020. The molecule has 23 heavy (non-hydrogen) atoms. The van der Waals surface area contributed by atoms with Gasteiger partial charge in [-0.05, 0) is 24.3 Å². The van der Waals surface area contributed by atoms with E-state index in [0.29, 0.717) is 17.9 Å². The molecule has 0 bridgehead atoms. The molecule has 0 aliphatic carbocycles. The number of hydrogen-bond acceptors (Lipinski definition) is 4. The molecule has 1 aromatic carbocycles. The molecule has 0 unspecified atom stereocenters. The lowest BCUT2D eigenvalue weighted by molar-refractivity contribution is -0.105. The molecule has 0 atom stereocenters. The van der Waals surface area contributed by atoms with Gasteiger partial charge in [-0.25, -0.2) is 4.98 Å². The molecule has 4 aromatic rings. The average Bonchev–Trinajstić information content (AvgIpc) is 3.19. The molecular formula is C16H13N5O2. The van der Waals surface area contributed by atoms with Crippen molar-refractivity contribution >= 4 is 34.2 Å². The van der Waals surface area contributed by atoms with Gasteiger partial charge in [0.25, 0.3) is 0 Å². The Balaban J connectivity index is 1.92. The molecule has 0 fully saturated rings. The van der Waals surface area contributed by atoms with Gasteiger partial charge < -0.3 is 15.0 Å². The zero-order valence-electron chi connectivity index (χ0n) is 12.3. The highest BCUT2D eigenvalue weighted by molar-refractivity contribution is 5.99. The first-order valence-electron chi connectivity index (χ1n) is 7.00. The van der Waals surface area contributed by atoms with Crippen LogP contribution in [0.1, 0.15) is 0 Å². The van der Waals surface area contributed by atoms with Crippen molar-refractivity contribution in [3.63, 3.8) is 0 Å². The second-order valence-electron chi connectivity index (χ2n) is 5.07. The molecule has 3 heterocycles. The van der Waals surface area contributed by atoms with Gasteiger partial charge in [0.2, 0.25) is 6.41 Å². The van der Waals surface area contributed by atoms with Crippen molar-refractivity contribution < 1.29 is 9.53 Å². The summed E-state index contributed by atoms with van der Waals surface area (Å²) in [7, 11) is 1.64. The first-order valence-corrected chi connectivity index (χ1v) is 7.00. The van der Waals surface area contributed by atoms with Crippen LogP contribution in [-0.2, 0) is 4.79 Å². The van der Waals surface area contributed by atoms with E-state index in [1.165, 1.54) is 0 Å². The van der Waals surface area contributed by atoms with Crippen LogP contribution >= 0.6 is 0 Å². The molecule has 0 spiro atoms. The number of methoxy groups -OCH3 is 1. The largest absolute Gasteiger partial charge is 0.496 e. The van der Waals surface area contributed by atoms with Gasteiger partial charge in [0.15, 0.2) is 0 Å². The van der Waals surface area contributed by atoms with Crippen LogP contribution in [0.5, 0.6) is 5.75 Å². The number of H-pyrrole nitrogens is 2. The topological polar surface area (TPSA) is 95.7 Å². The lowest BCUT2D eigenvalue weighted by Crippen LogP contribution is -1.96. The first-order chi connectivity index (χ1) is 11.3. The molecule has 7 heteroatoms. The number of anilines is 1. The summed E-state index contributed by atoms with van der Waals surface area (Å²) in [5.41, 5.74) is 3.54. The minimum Gasteiger partial charge on any atom is -0.496 e. The summed E-state index contributed by atoms with van der Waals surface area (Å²) < 4.78 is 5.52. The normalized spacial score (nSPS) is 11.0. The number of ether oxygens (including phenoxy) is 1. The van der Waals surface area contributed by atoms with Crippen molar-refractivity contribution in [2.24, 2.45) is 0 Å². The number of aromatic amines is 2. The summed E-state index contributed by atoms with van der Waals surface area (Å²) in [6, 6.07) is 7.62. The van der Waals surface area contributed by atoms with Gasteiger partial charge in [-0.15, -0.1) is 0 Å². The van der Waals surface area contributed by atoms with Crippen LogP contribution in [0.25, 0.3) is 33.1 Å². The molecule has 3 aromatic heterocycles. The third-order valence-electron chi connectivity index (χ3n) is 3.80. The van der Waals surface area contributed by atoms with Gasteiger partial charge in [0.1, 0.15) is 17.2 Å². The van der Waals surface area contributed by atoms with E-state index in [1.54, 1.807) is 19.4 Å². The SMILES string of the molecule is COc1cc2cn[nH]c2cc1-c1c[nH]c2nc(NC=O)ccc12. The number of nitrogens with one attached hydrogen (secondary N) is 3. The Labute approximate surface area is 130 Å².